The van der Waals surface area contributed by atoms with Gasteiger partial charge < -0.3 is 15.0 Å². The van der Waals surface area contributed by atoms with Crippen LogP contribution in [0, 0.1) is 10.1 Å². The number of hydrogen-bond acceptors (Lipinski definition) is 7. The van der Waals surface area contributed by atoms with Gasteiger partial charge in [0.25, 0.3) is 11.6 Å². The molecule has 1 aliphatic heterocycles. The summed E-state index contributed by atoms with van der Waals surface area (Å²) in [6, 6.07) is 14.1. The van der Waals surface area contributed by atoms with Crippen molar-refractivity contribution in [2.45, 2.75) is 0 Å². The number of non-ortho nitro benzene ring substituents is 1. The quantitative estimate of drug-likeness (QED) is 0.558. The average molecular weight is 351 g/mol. The first kappa shape index (κ1) is 16.1. The molecule has 0 bridgehead atoms. The van der Waals surface area contributed by atoms with Gasteiger partial charge in [-0.1, -0.05) is 12.1 Å². The molecule has 1 aliphatic rings. The Morgan fingerprint density at radius 3 is 2.58 bits per heavy atom. The number of nitro benzene ring substituents is 1. The van der Waals surface area contributed by atoms with E-state index >= 15 is 0 Å². The molecule has 0 aliphatic carbocycles. The maximum atomic E-state index is 10.7. The second-order valence-electron chi connectivity index (χ2n) is 5.91. The van der Waals surface area contributed by atoms with E-state index in [1.807, 2.05) is 24.3 Å². The predicted octanol–water partition coefficient (Wildman–Crippen LogP) is 2.85. The molecule has 0 spiro atoms. The molecule has 0 fully saturated rings. The lowest BCUT2D eigenvalue weighted by atomic mass is 10.3. The smallest absolute Gasteiger partial charge is 0.269 e. The lowest BCUT2D eigenvalue weighted by molar-refractivity contribution is -0.384. The van der Waals surface area contributed by atoms with Crippen LogP contribution in [0.3, 0.4) is 0 Å². The molecule has 2 aromatic carbocycles. The third-order valence-electron chi connectivity index (χ3n) is 4.21. The normalized spacial score (nSPS) is 13.2. The Morgan fingerprint density at radius 2 is 1.85 bits per heavy atom. The number of fused-ring (bicyclic) bond motifs is 2. The number of benzene rings is 2. The molecular weight excluding hydrogens is 334 g/mol. The fourth-order valence-electron chi connectivity index (χ4n) is 2.89. The van der Waals surface area contributed by atoms with E-state index in [1.165, 1.54) is 12.1 Å². The second-order valence-corrected chi connectivity index (χ2v) is 5.91. The van der Waals surface area contributed by atoms with Gasteiger partial charge in [-0.25, -0.2) is 9.97 Å². The molecule has 0 saturated heterocycles. The summed E-state index contributed by atoms with van der Waals surface area (Å²) in [4.78, 5) is 21.7. The van der Waals surface area contributed by atoms with Crippen molar-refractivity contribution in [3.63, 3.8) is 0 Å². The summed E-state index contributed by atoms with van der Waals surface area (Å²) in [7, 11) is 0. The fourth-order valence-corrected chi connectivity index (χ4v) is 2.89. The minimum atomic E-state index is -0.405. The number of nitrogens with one attached hydrogen (secondary N) is 1. The average Bonchev–Trinajstić information content (AvgIpc) is 2.67. The summed E-state index contributed by atoms with van der Waals surface area (Å²) in [6.07, 6.45) is 0. The van der Waals surface area contributed by atoms with Gasteiger partial charge >= 0.3 is 0 Å². The van der Waals surface area contributed by atoms with Crippen molar-refractivity contribution in [1.29, 1.82) is 0 Å². The van der Waals surface area contributed by atoms with Crippen LogP contribution in [0.4, 0.5) is 17.2 Å². The van der Waals surface area contributed by atoms with Crippen molar-refractivity contribution >= 4 is 28.2 Å². The lowest BCUT2D eigenvalue weighted by Gasteiger charge is -2.29. The van der Waals surface area contributed by atoms with Crippen molar-refractivity contribution in [3.8, 4) is 5.88 Å². The standard InChI is InChI=1S/C18H17N5O3/c24-23(25)14-7-5-13(6-8-14)19-9-10-22-11-12-26-18-17(22)20-15-3-1-2-4-16(15)21-18/h1-8,19H,9-12H2. The van der Waals surface area contributed by atoms with Gasteiger partial charge in [-0.15, -0.1) is 0 Å². The summed E-state index contributed by atoms with van der Waals surface area (Å²) in [5, 5.41) is 14.0. The number of hydrogen-bond donors (Lipinski definition) is 1. The minimum Gasteiger partial charge on any atom is -0.473 e. The SMILES string of the molecule is O=[N+]([O-])c1ccc(NCCN2CCOc3nc4ccccc4nc32)cc1. The summed E-state index contributed by atoms with van der Waals surface area (Å²) < 4.78 is 5.66. The van der Waals surface area contributed by atoms with Crippen LogP contribution in [0.25, 0.3) is 11.0 Å². The van der Waals surface area contributed by atoms with Crippen molar-refractivity contribution in [1.82, 2.24) is 9.97 Å². The van der Waals surface area contributed by atoms with Crippen LogP contribution in [-0.4, -0.2) is 41.1 Å². The summed E-state index contributed by atoms with van der Waals surface area (Å²) in [5.74, 6) is 1.31. The van der Waals surface area contributed by atoms with Crippen LogP contribution in [-0.2, 0) is 0 Å². The van der Waals surface area contributed by atoms with Crippen LogP contribution < -0.4 is 15.0 Å². The Bertz CT molecular complexity index is 945. The predicted molar refractivity (Wildman–Crippen MR) is 98.8 cm³/mol. The fraction of sp³-hybridized carbons (Fsp3) is 0.222. The number of anilines is 2. The molecule has 2 heterocycles. The van der Waals surface area contributed by atoms with Gasteiger partial charge in [0, 0.05) is 30.9 Å². The number of nitro groups is 1. The van der Waals surface area contributed by atoms with E-state index in [-0.39, 0.29) is 5.69 Å². The Labute approximate surface area is 149 Å². The molecule has 4 rings (SSSR count). The lowest BCUT2D eigenvalue weighted by Crippen LogP contribution is -2.37. The molecular formula is C18H17N5O3. The second kappa shape index (κ2) is 6.83. The number of para-hydroxylation sites is 2. The van der Waals surface area contributed by atoms with E-state index in [4.69, 9.17) is 4.74 Å². The summed E-state index contributed by atoms with van der Waals surface area (Å²) in [5.41, 5.74) is 2.58. The van der Waals surface area contributed by atoms with E-state index < -0.39 is 4.92 Å². The summed E-state index contributed by atoms with van der Waals surface area (Å²) in [6.45, 7) is 2.70. The highest BCUT2D eigenvalue weighted by molar-refractivity contribution is 5.77. The molecule has 0 amide bonds. The summed E-state index contributed by atoms with van der Waals surface area (Å²) >= 11 is 0. The van der Waals surface area contributed by atoms with E-state index in [2.05, 4.69) is 20.2 Å². The molecule has 8 nitrogen and oxygen atoms in total. The Kier molecular flexibility index (Phi) is 4.22. The molecule has 1 N–H and O–H groups in total. The maximum absolute atomic E-state index is 10.7. The molecule has 132 valence electrons. The monoisotopic (exact) mass is 351 g/mol. The number of ether oxygens (including phenoxy) is 1. The molecule has 3 aromatic rings. The highest BCUT2D eigenvalue weighted by atomic mass is 16.6. The zero-order valence-electron chi connectivity index (χ0n) is 14.0. The molecule has 0 unspecified atom stereocenters. The number of rotatable bonds is 5. The highest BCUT2D eigenvalue weighted by Crippen LogP contribution is 2.29. The topological polar surface area (TPSA) is 93.4 Å². The molecule has 0 saturated carbocycles. The Morgan fingerprint density at radius 1 is 1.12 bits per heavy atom. The van der Waals surface area contributed by atoms with Gasteiger partial charge in [-0.05, 0) is 24.3 Å². The molecule has 26 heavy (non-hydrogen) atoms. The molecule has 1 aromatic heterocycles. The van der Waals surface area contributed by atoms with E-state index in [1.54, 1.807) is 12.1 Å². The van der Waals surface area contributed by atoms with Crippen molar-refractivity contribution < 1.29 is 9.66 Å². The van der Waals surface area contributed by atoms with Gasteiger partial charge in [0.2, 0.25) is 0 Å². The zero-order chi connectivity index (χ0) is 17.9. The van der Waals surface area contributed by atoms with E-state index in [9.17, 15) is 10.1 Å². The van der Waals surface area contributed by atoms with E-state index in [0.29, 0.717) is 19.0 Å². The van der Waals surface area contributed by atoms with Crippen LogP contribution in [0.2, 0.25) is 0 Å². The molecule has 0 radical (unpaired) electrons. The largest absolute Gasteiger partial charge is 0.473 e. The molecule has 8 heteroatoms. The van der Waals surface area contributed by atoms with Gasteiger partial charge in [-0.3, -0.25) is 10.1 Å². The van der Waals surface area contributed by atoms with Crippen molar-refractivity contribution in [2.75, 3.05) is 36.5 Å². The van der Waals surface area contributed by atoms with Gasteiger partial charge in [0.1, 0.15) is 6.61 Å². The van der Waals surface area contributed by atoms with Gasteiger partial charge in [0.05, 0.1) is 22.5 Å². The van der Waals surface area contributed by atoms with Gasteiger partial charge in [0.15, 0.2) is 5.82 Å². The Balaban J connectivity index is 1.45. The van der Waals surface area contributed by atoms with E-state index in [0.717, 1.165) is 35.6 Å². The number of aromatic nitrogens is 2. The number of nitrogens with zero attached hydrogens (tertiary/aromatic N) is 4. The Hall–Kier alpha value is -3.42. The third-order valence-corrected chi connectivity index (χ3v) is 4.21. The third kappa shape index (κ3) is 3.21. The highest BCUT2D eigenvalue weighted by Gasteiger charge is 2.21. The first-order valence-electron chi connectivity index (χ1n) is 8.33. The van der Waals surface area contributed by atoms with Crippen LogP contribution in [0.15, 0.2) is 48.5 Å². The van der Waals surface area contributed by atoms with Crippen LogP contribution in [0.1, 0.15) is 0 Å². The van der Waals surface area contributed by atoms with Crippen molar-refractivity contribution in [2.24, 2.45) is 0 Å². The van der Waals surface area contributed by atoms with Gasteiger partial charge in [-0.2, -0.15) is 0 Å². The van der Waals surface area contributed by atoms with Crippen LogP contribution >= 0.6 is 0 Å². The first-order valence-corrected chi connectivity index (χ1v) is 8.33. The van der Waals surface area contributed by atoms with Crippen LogP contribution in [0.5, 0.6) is 5.88 Å². The minimum absolute atomic E-state index is 0.0832. The maximum Gasteiger partial charge on any atom is 0.269 e. The van der Waals surface area contributed by atoms with Crippen molar-refractivity contribution in [3.05, 3.63) is 58.6 Å². The molecule has 0 atom stereocenters. The zero-order valence-corrected chi connectivity index (χ0v) is 14.0. The first-order chi connectivity index (χ1) is 12.7.